The summed E-state index contributed by atoms with van der Waals surface area (Å²) in [6, 6.07) is 4.20. The van der Waals surface area contributed by atoms with Gasteiger partial charge in [-0.3, -0.25) is 10.4 Å². The van der Waals surface area contributed by atoms with Gasteiger partial charge in [-0.25, -0.2) is 20.2 Å². The molecule has 3 N–H and O–H groups in total. The Morgan fingerprint density at radius 1 is 1.20 bits per heavy atom. The molecule has 0 radical (unpaired) electrons. The van der Waals surface area contributed by atoms with Crippen molar-refractivity contribution in [1.82, 2.24) is 25.8 Å². The third kappa shape index (κ3) is 4.94. The van der Waals surface area contributed by atoms with E-state index in [4.69, 9.17) is 9.84 Å². The molecule has 8 heteroatoms. The number of carboxylic acids is 1. The molecule has 0 saturated carbocycles. The summed E-state index contributed by atoms with van der Waals surface area (Å²) in [5.74, 6) is -0.519. The summed E-state index contributed by atoms with van der Waals surface area (Å²) in [6.45, 7) is 1.56. The van der Waals surface area contributed by atoms with E-state index in [0.717, 1.165) is 49.2 Å². The van der Waals surface area contributed by atoms with Crippen molar-refractivity contribution >= 4 is 5.97 Å². The minimum Gasteiger partial charge on any atom is -0.492 e. The van der Waals surface area contributed by atoms with E-state index in [9.17, 15) is 4.79 Å². The van der Waals surface area contributed by atoms with Crippen molar-refractivity contribution < 1.29 is 14.6 Å². The van der Waals surface area contributed by atoms with E-state index >= 15 is 0 Å². The van der Waals surface area contributed by atoms with E-state index in [1.165, 1.54) is 0 Å². The first-order chi connectivity index (χ1) is 12.2. The minimum absolute atomic E-state index is 0.174. The molecular weight excluding hydrogens is 322 g/mol. The van der Waals surface area contributed by atoms with Crippen molar-refractivity contribution in [1.29, 1.82) is 0 Å². The maximum atomic E-state index is 10.7. The summed E-state index contributed by atoms with van der Waals surface area (Å²) in [4.78, 5) is 22.7. The molecule has 0 spiro atoms. The van der Waals surface area contributed by atoms with Gasteiger partial charge in [0.25, 0.3) is 0 Å². The molecule has 0 aromatic carbocycles. The fraction of sp³-hybridized carbons (Fsp3) is 0.412. The van der Waals surface area contributed by atoms with Gasteiger partial charge in [0.1, 0.15) is 5.75 Å². The molecule has 3 heterocycles. The minimum atomic E-state index is -1.11. The first-order valence-electron chi connectivity index (χ1n) is 8.34. The number of rotatable bonds is 8. The zero-order chi connectivity index (χ0) is 17.5. The molecule has 2 aromatic heterocycles. The Kier molecular flexibility index (Phi) is 5.86. The van der Waals surface area contributed by atoms with Gasteiger partial charge >= 0.3 is 5.97 Å². The number of hydrazine groups is 1. The van der Waals surface area contributed by atoms with Gasteiger partial charge < -0.3 is 9.84 Å². The molecule has 1 aliphatic heterocycles. The number of nitrogens with one attached hydrogen (secondary N) is 2. The second kappa shape index (κ2) is 8.50. The molecule has 3 rings (SSSR count). The zero-order valence-electron chi connectivity index (χ0n) is 13.8. The van der Waals surface area contributed by atoms with Gasteiger partial charge in [0.15, 0.2) is 0 Å². The number of carbonyl (C=O) groups is 1. The number of aromatic nitrogens is 3. The van der Waals surface area contributed by atoms with Crippen LogP contribution in [0.4, 0.5) is 0 Å². The molecule has 1 saturated heterocycles. The van der Waals surface area contributed by atoms with Crippen molar-refractivity contribution in [3.05, 3.63) is 47.8 Å². The highest BCUT2D eigenvalue weighted by Gasteiger charge is 2.16. The number of carboxylic acid groups (broad SMARTS) is 1. The molecule has 25 heavy (non-hydrogen) atoms. The molecule has 132 valence electrons. The zero-order valence-corrected chi connectivity index (χ0v) is 13.8. The standard InChI is InChI=1S/C17H21N5O3/c23-17(24)16-19-9-12(10-20-16)3-1-2-8-25-13-4-5-14(18-11-13)15-6-7-21-22-15/h4-5,9-11,15,21-22H,1-3,6-8H2,(H,23,24). The fourth-order valence-electron chi connectivity index (χ4n) is 2.60. The Bertz CT molecular complexity index is 684. The second-order valence-electron chi connectivity index (χ2n) is 5.86. The summed E-state index contributed by atoms with van der Waals surface area (Å²) in [6.07, 6.45) is 8.51. The van der Waals surface area contributed by atoms with Crippen LogP contribution in [0.25, 0.3) is 0 Å². The van der Waals surface area contributed by atoms with E-state index in [2.05, 4.69) is 25.8 Å². The Labute approximate surface area is 145 Å². The Morgan fingerprint density at radius 3 is 2.68 bits per heavy atom. The van der Waals surface area contributed by atoms with Gasteiger partial charge in [-0.15, -0.1) is 0 Å². The smallest absolute Gasteiger partial charge is 0.373 e. The SMILES string of the molecule is O=C(O)c1ncc(CCCCOc2ccc(C3CCNN3)nc2)cn1. The first-order valence-corrected chi connectivity index (χ1v) is 8.34. The highest BCUT2D eigenvalue weighted by atomic mass is 16.5. The molecule has 1 atom stereocenters. The molecule has 1 aliphatic rings. The predicted octanol–water partition coefficient (Wildman–Crippen LogP) is 1.51. The summed E-state index contributed by atoms with van der Waals surface area (Å²) in [5.41, 5.74) is 8.22. The Balaban J connectivity index is 1.36. The van der Waals surface area contributed by atoms with Gasteiger partial charge in [-0.2, -0.15) is 0 Å². The number of nitrogens with zero attached hydrogens (tertiary/aromatic N) is 3. The molecular formula is C17H21N5O3. The number of aromatic carboxylic acids is 1. The van der Waals surface area contributed by atoms with E-state index in [0.29, 0.717) is 6.61 Å². The van der Waals surface area contributed by atoms with E-state index < -0.39 is 5.97 Å². The summed E-state index contributed by atoms with van der Waals surface area (Å²) in [7, 11) is 0. The number of hydrogen-bond donors (Lipinski definition) is 3. The number of hydrogen-bond acceptors (Lipinski definition) is 7. The van der Waals surface area contributed by atoms with Gasteiger partial charge in [0.2, 0.25) is 5.82 Å². The van der Waals surface area contributed by atoms with Crippen LogP contribution in [0.1, 0.15) is 47.2 Å². The molecule has 8 nitrogen and oxygen atoms in total. The molecule has 0 amide bonds. The van der Waals surface area contributed by atoms with Crippen LogP contribution in [0.3, 0.4) is 0 Å². The predicted molar refractivity (Wildman–Crippen MR) is 90.2 cm³/mol. The Hall–Kier alpha value is -2.58. The lowest BCUT2D eigenvalue weighted by atomic mass is 10.1. The number of pyridine rings is 1. The van der Waals surface area contributed by atoms with Gasteiger partial charge in [-0.1, -0.05) is 0 Å². The van der Waals surface area contributed by atoms with Gasteiger partial charge in [0.05, 0.1) is 24.5 Å². The third-order valence-corrected chi connectivity index (χ3v) is 3.98. The van der Waals surface area contributed by atoms with Crippen molar-refractivity contribution in [2.24, 2.45) is 0 Å². The maximum Gasteiger partial charge on any atom is 0.373 e. The quantitative estimate of drug-likeness (QED) is 0.619. The monoisotopic (exact) mass is 343 g/mol. The topological polar surface area (TPSA) is 109 Å². The summed E-state index contributed by atoms with van der Waals surface area (Å²) >= 11 is 0. The molecule has 1 fully saturated rings. The van der Waals surface area contributed by atoms with Crippen LogP contribution < -0.4 is 15.6 Å². The van der Waals surface area contributed by atoms with Crippen LogP contribution in [-0.2, 0) is 6.42 Å². The van der Waals surface area contributed by atoms with Crippen molar-refractivity contribution in [2.45, 2.75) is 31.7 Å². The van der Waals surface area contributed by atoms with Crippen LogP contribution in [0.2, 0.25) is 0 Å². The number of aryl methyl sites for hydroxylation is 1. The van der Waals surface area contributed by atoms with E-state index in [1.54, 1.807) is 18.6 Å². The maximum absolute atomic E-state index is 10.7. The van der Waals surface area contributed by atoms with Crippen molar-refractivity contribution in [3.8, 4) is 5.75 Å². The highest BCUT2D eigenvalue weighted by molar-refractivity contribution is 5.82. The van der Waals surface area contributed by atoms with Crippen LogP contribution in [0.15, 0.2) is 30.7 Å². The van der Waals surface area contributed by atoms with Crippen LogP contribution >= 0.6 is 0 Å². The summed E-state index contributed by atoms with van der Waals surface area (Å²) < 4.78 is 5.70. The number of unbranched alkanes of at least 4 members (excludes halogenated alkanes) is 1. The van der Waals surface area contributed by atoms with Gasteiger partial charge in [0, 0.05) is 18.9 Å². The Morgan fingerprint density at radius 2 is 2.04 bits per heavy atom. The lowest BCUT2D eigenvalue weighted by molar-refractivity contribution is 0.0683. The first kappa shape index (κ1) is 17.2. The van der Waals surface area contributed by atoms with Crippen LogP contribution in [0, 0.1) is 0 Å². The van der Waals surface area contributed by atoms with Crippen LogP contribution in [0.5, 0.6) is 5.75 Å². The number of ether oxygens (including phenoxy) is 1. The lowest BCUT2D eigenvalue weighted by Gasteiger charge is -2.10. The highest BCUT2D eigenvalue weighted by Crippen LogP contribution is 2.19. The van der Waals surface area contributed by atoms with E-state index in [-0.39, 0.29) is 11.9 Å². The largest absolute Gasteiger partial charge is 0.492 e. The fourth-order valence-corrected chi connectivity index (χ4v) is 2.60. The molecule has 2 aromatic rings. The van der Waals surface area contributed by atoms with Crippen molar-refractivity contribution in [3.63, 3.8) is 0 Å². The molecule has 1 unspecified atom stereocenters. The van der Waals surface area contributed by atoms with Gasteiger partial charge in [-0.05, 0) is 43.4 Å². The average Bonchev–Trinajstić information content (AvgIpc) is 3.17. The molecule has 0 aliphatic carbocycles. The van der Waals surface area contributed by atoms with E-state index in [1.807, 2.05) is 12.1 Å². The third-order valence-electron chi connectivity index (χ3n) is 3.98. The summed E-state index contributed by atoms with van der Waals surface area (Å²) in [5, 5.41) is 8.76. The lowest BCUT2D eigenvalue weighted by Crippen LogP contribution is -2.25. The van der Waals surface area contributed by atoms with Crippen LogP contribution in [-0.4, -0.2) is 39.2 Å². The normalized spacial score (nSPS) is 16.7. The van der Waals surface area contributed by atoms with Crippen molar-refractivity contribution in [2.75, 3.05) is 13.2 Å². The molecule has 0 bridgehead atoms. The second-order valence-corrected chi connectivity index (χ2v) is 5.86. The average molecular weight is 343 g/mol.